The molecule has 0 aromatic heterocycles. The van der Waals surface area contributed by atoms with Crippen molar-refractivity contribution in [2.75, 3.05) is 6.61 Å². The third-order valence-electron chi connectivity index (χ3n) is 4.02. The molecule has 2 amide bonds. The van der Waals surface area contributed by atoms with Crippen LogP contribution < -0.4 is 15.6 Å². The van der Waals surface area contributed by atoms with E-state index in [9.17, 15) is 9.59 Å². The number of halogens is 3. The lowest BCUT2D eigenvalue weighted by Crippen LogP contribution is -2.45. The molecule has 1 aliphatic rings. The zero-order valence-electron chi connectivity index (χ0n) is 13.4. The number of carbonyl (C=O) groups is 2. The molecular formula is C16H19Cl3N2O3. The monoisotopic (exact) mass is 392 g/mol. The molecule has 1 fully saturated rings. The average molecular weight is 394 g/mol. The number of carbonyl (C=O) groups excluding carboxylic acids is 2. The zero-order valence-corrected chi connectivity index (χ0v) is 15.7. The maximum Gasteiger partial charge on any atom is 0.247 e. The van der Waals surface area contributed by atoms with E-state index < -0.39 is 15.7 Å². The van der Waals surface area contributed by atoms with E-state index in [2.05, 4.69) is 10.9 Å². The van der Waals surface area contributed by atoms with Crippen LogP contribution in [0.4, 0.5) is 0 Å². The molecule has 0 bridgehead atoms. The maximum absolute atomic E-state index is 11.9. The number of alkyl halides is 2. The number of hydrogen-bond donors (Lipinski definition) is 2. The number of amides is 2. The van der Waals surface area contributed by atoms with Crippen molar-refractivity contribution in [3.63, 3.8) is 0 Å². The van der Waals surface area contributed by atoms with Crippen LogP contribution in [-0.2, 0) is 9.59 Å². The summed E-state index contributed by atoms with van der Waals surface area (Å²) in [5.74, 6) is 0.0306. The number of nitrogens with one attached hydrogen (secondary N) is 2. The quantitative estimate of drug-likeness (QED) is 0.441. The van der Waals surface area contributed by atoms with E-state index in [0.29, 0.717) is 24.5 Å². The second-order valence-electron chi connectivity index (χ2n) is 6.08. The summed E-state index contributed by atoms with van der Waals surface area (Å²) in [6, 6.07) is 5.35. The number of aryl methyl sites for hydroxylation is 1. The number of hydrazine groups is 1. The summed E-state index contributed by atoms with van der Waals surface area (Å²) in [6.07, 6.45) is 1.09. The Labute approximate surface area is 155 Å². The zero-order chi connectivity index (χ0) is 18.0. The van der Waals surface area contributed by atoms with Gasteiger partial charge < -0.3 is 4.74 Å². The molecule has 0 saturated heterocycles. The van der Waals surface area contributed by atoms with Gasteiger partial charge in [0.05, 0.1) is 12.0 Å². The van der Waals surface area contributed by atoms with Crippen LogP contribution in [0.3, 0.4) is 0 Å². The van der Waals surface area contributed by atoms with Crippen molar-refractivity contribution in [1.29, 1.82) is 0 Å². The summed E-state index contributed by atoms with van der Waals surface area (Å²) in [5, 5.41) is 0.650. The molecule has 1 unspecified atom stereocenters. The Kier molecular flexibility index (Phi) is 5.89. The minimum atomic E-state index is -1.06. The molecule has 1 atom stereocenters. The Morgan fingerprint density at radius 2 is 1.96 bits per heavy atom. The van der Waals surface area contributed by atoms with Crippen LogP contribution in [0.15, 0.2) is 18.2 Å². The summed E-state index contributed by atoms with van der Waals surface area (Å²) in [6.45, 7) is 3.93. The lowest BCUT2D eigenvalue weighted by atomic mass is 10.1. The van der Waals surface area contributed by atoms with Crippen LogP contribution >= 0.6 is 34.8 Å². The van der Waals surface area contributed by atoms with Gasteiger partial charge in [0.1, 0.15) is 10.1 Å². The highest BCUT2D eigenvalue weighted by molar-refractivity contribution is 6.53. The number of rotatable bonds is 6. The maximum atomic E-state index is 11.9. The predicted molar refractivity (Wildman–Crippen MR) is 94.4 cm³/mol. The molecule has 1 aromatic rings. The minimum Gasteiger partial charge on any atom is -0.493 e. The van der Waals surface area contributed by atoms with Gasteiger partial charge in [0.15, 0.2) is 0 Å². The molecule has 1 saturated carbocycles. The second-order valence-corrected chi connectivity index (χ2v) is 8.00. The molecular weight excluding hydrogens is 375 g/mol. The standard InChI is InChI=1S/C16H19Cl3N2O3/c1-10-8-11(17)5-6-12(10)24-7-3-4-13(22)20-21-14(23)15(2)9-16(15,18)19/h5-6,8H,3-4,7,9H2,1-2H3,(H,20,22)(H,21,23). The number of ether oxygens (including phenoxy) is 1. The number of benzene rings is 1. The summed E-state index contributed by atoms with van der Waals surface area (Å²) in [5.41, 5.74) is 4.78. The van der Waals surface area contributed by atoms with Gasteiger partial charge in [0, 0.05) is 11.4 Å². The van der Waals surface area contributed by atoms with Gasteiger partial charge in [-0.2, -0.15) is 0 Å². The van der Waals surface area contributed by atoms with Crippen molar-refractivity contribution in [3.8, 4) is 5.75 Å². The van der Waals surface area contributed by atoms with Gasteiger partial charge in [0.2, 0.25) is 11.8 Å². The molecule has 0 aliphatic heterocycles. The van der Waals surface area contributed by atoms with Gasteiger partial charge in [-0.15, -0.1) is 23.2 Å². The van der Waals surface area contributed by atoms with Crippen molar-refractivity contribution in [2.24, 2.45) is 5.41 Å². The predicted octanol–water partition coefficient (Wildman–Crippen LogP) is 3.54. The molecule has 2 rings (SSSR count). The Morgan fingerprint density at radius 1 is 1.29 bits per heavy atom. The van der Waals surface area contributed by atoms with E-state index in [1.807, 2.05) is 13.0 Å². The van der Waals surface area contributed by atoms with E-state index in [0.717, 1.165) is 11.3 Å². The van der Waals surface area contributed by atoms with Gasteiger partial charge in [-0.25, -0.2) is 0 Å². The smallest absolute Gasteiger partial charge is 0.247 e. The van der Waals surface area contributed by atoms with Crippen molar-refractivity contribution < 1.29 is 14.3 Å². The molecule has 8 heteroatoms. The van der Waals surface area contributed by atoms with Gasteiger partial charge in [0.25, 0.3) is 0 Å². The molecule has 2 N–H and O–H groups in total. The van der Waals surface area contributed by atoms with Crippen molar-refractivity contribution in [2.45, 2.75) is 37.4 Å². The summed E-state index contributed by atoms with van der Waals surface area (Å²) in [4.78, 5) is 23.6. The molecule has 132 valence electrons. The average Bonchev–Trinajstić information content (AvgIpc) is 3.02. The van der Waals surface area contributed by atoms with Gasteiger partial charge in [-0.05, 0) is 50.5 Å². The first-order chi connectivity index (χ1) is 11.2. The fraction of sp³-hybridized carbons (Fsp3) is 0.500. The first kappa shape index (κ1) is 19.2. The van der Waals surface area contributed by atoms with Crippen molar-refractivity contribution in [3.05, 3.63) is 28.8 Å². The summed E-state index contributed by atoms with van der Waals surface area (Å²) >= 11 is 17.7. The molecule has 5 nitrogen and oxygen atoms in total. The normalized spacial score (nSPS) is 21.0. The van der Waals surface area contributed by atoms with Crippen LogP contribution in [-0.4, -0.2) is 22.8 Å². The largest absolute Gasteiger partial charge is 0.493 e. The van der Waals surface area contributed by atoms with E-state index >= 15 is 0 Å². The van der Waals surface area contributed by atoms with E-state index in [4.69, 9.17) is 39.5 Å². The molecule has 0 radical (unpaired) electrons. The fourth-order valence-electron chi connectivity index (χ4n) is 2.16. The highest BCUT2D eigenvalue weighted by atomic mass is 35.5. The third kappa shape index (κ3) is 4.47. The highest BCUT2D eigenvalue weighted by Crippen LogP contribution is 2.63. The molecule has 1 aromatic carbocycles. The minimum absolute atomic E-state index is 0.219. The Bertz CT molecular complexity index is 651. The first-order valence-corrected chi connectivity index (χ1v) is 8.65. The highest BCUT2D eigenvalue weighted by Gasteiger charge is 2.68. The van der Waals surface area contributed by atoms with Crippen molar-refractivity contribution >= 4 is 46.6 Å². The number of hydrogen-bond acceptors (Lipinski definition) is 3. The molecule has 0 heterocycles. The van der Waals surface area contributed by atoms with Gasteiger partial charge in [-0.3, -0.25) is 20.4 Å². The SMILES string of the molecule is Cc1cc(Cl)ccc1OCCCC(=O)NNC(=O)C1(C)CC1(Cl)Cl. The summed E-state index contributed by atoms with van der Waals surface area (Å²) in [7, 11) is 0. The van der Waals surface area contributed by atoms with Crippen LogP contribution in [0.5, 0.6) is 5.75 Å². The van der Waals surface area contributed by atoms with Crippen molar-refractivity contribution in [1.82, 2.24) is 10.9 Å². The van der Waals surface area contributed by atoms with E-state index in [1.54, 1.807) is 19.1 Å². The summed E-state index contributed by atoms with van der Waals surface area (Å²) < 4.78 is 4.54. The Balaban J connectivity index is 1.64. The van der Waals surface area contributed by atoms with E-state index in [-0.39, 0.29) is 12.3 Å². The third-order valence-corrected chi connectivity index (χ3v) is 5.35. The lowest BCUT2D eigenvalue weighted by Gasteiger charge is -2.13. The fourth-order valence-corrected chi connectivity index (χ4v) is 3.10. The Hall–Kier alpha value is -1.17. The van der Waals surface area contributed by atoms with Crippen LogP contribution in [0.2, 0.25) is 5.02 Å². The first-order valence-electron chi connectivity index (χ1n) is 7.52. The van der Waals surface area contributed by atoms with E-state index in [1.165, 1.54) is 0 Å². The van der Waals surface area contributed by atoms with Crippen LogP contribution in [0, 0.1) is 12.3 Å². The second kappa shape index (κ2) is 7.38. The van der Waals surface area contributed by atoms with Gasteiger partial charge in [-0.1, -0.05) is 11.6 Å². The molecule has 1 aliphatic carbocycles. The van der Waals surface area contributed by atoms with Crippen LogP contribution in [0.25, 0.3) is 0 Å². The molecule has 0 spiro atoms. The Morgan fingerprint density at radius 3 is 2.54 bits per heavy atom. The molecule has 24 heavy (non-hydrogen) atoms. The topological polar surface area (TPSA) is 67.4 Å². The lowest BCUT2D eigenvalue weighted by molar-refractivity contribution is -0.131. The van der Waals surface area contributed by atoms with Crippen LogP contribution in [0.1, 0.15) is 31.7 Å². The van der Waals surface area contributed by atoms with Gasteiger partial charge >= 0.3 is 0 Å².